The molecule has 1 aromatic carbocycles. The molecule has 10 heteroatoms. The number of hydrazine groups is 1. The molecule has 2 heterocycles. The first-order valence-electron chi connectivity index (χ1n) is 8.22. The Labute approximate surface area is 158 Å². The van der Waals surface area contributed by atoms with Crippen molar-refractivity contribution in [2.75, 3.05) is 12.4 Å². The fourth-order valence-electron chi connectivity index (χ4n) is 2.66. The van der Waals surface area contributed by atoms with Crippen LogP contribution in [0.25, 0.3) is 10.8 Å². The number of amides is 2. The molecule has 3 rings (SSSR count). The molecule has 0 aliphatic heterocycles. The van der Waals surface area contributed by atoms with Gasteiger partial charge in [-0.25, -0.2) is 4.68 Å². The molecule has 0 bridgehead atoms. The molecule has 2 aromatic heterocycles. The Hall–Kier alpha value is -3.27. The third-order valence-electron chi connectivity index (χ3n) is 3.99. The minimum atomic E-state index is -0.617. The molecule has 0 atom stereocenters. The van der Waals surface area contributed by atoms with Gasteiger partial charge in [0.25, 0.3) is 17.4 Å². The second-order valence-electron chi connectivity index (χ2n) is 5.65. The van der Waals surface area contributed by atoms with Crippen LogP contribution in [0.1, 0.15) is 33.5 Å². The monoisotopic (exact) mass is 386 g/mol. The third-order valence-corrected chi connectivity index (χ3v) is 4.94. The molecule has 3 aromatic rings. The van der Waals surface area contributed by atoms with Gasteiger partial charge in [0.2, 0.25) is 0 Å². The van der Waals surface area contributed by atoms with Crippen LogP contribution in [0, 0.1) is 6.92 Å². The Morgan fingerprint density at radius 3 is 2.48 bits per heavy atom. The number of hydrogen-bond acceptors (Lipinski definition) is 7. The van der Waals surface area contributed by atoms with E-state index < -0.39 is 11.8 Å². The summed E-state index contributed by atoms with van der Waals surface area (Å²) in [4.78, 5) is 37.4. The van der Waals surface area contributed by atoms with Crippen molar-refractivity contribution < 1.29 is 9.59 Å². The van der Waals surface area contributed by atoms with Gasteiger partial charge in [-0.15, -0.1) is 0 Å². The number of aryl methyl sites for hydroxylation is 2. The van der Waals surface area contributed by atoms with Crippen LogP contribution in [0.5, 0.6) is 0 Å². The molecule has 0 fully saturated rings. The largest absolute Gasteiger partial charge is 0.378 e. The number of aromatic nitrogens is 3. The standard InChI is InChI=1S/C17H18N6O3S/c1-4-23-17(26)11-8-6-5-7-10(11)13(21-23)15(25)20-19-14(24)12-9(2)22-27-16(12)18-3/h5-8,18H,4H2,1-3H3,(H,19,24)(H,20,25). The fraction of sp³-hybridized carbons (Fsp3) is 0.235. The van der Waals surface area contributed by atoms with Gasteiger partial charge in [0.1, 0.15) is 5.00 Å². The van der Waals surface area contributed by atoms with E-state index in [2.05, 4.69) is 25.6 Å². The van der Waals surface area contributed by atoms with Crippen LogP contribution >= 0.6 is 11.5 Å². The van der Waals surface area contributed by atoms with E-state index in [0.29, 0.717) is 33.6 Å². The van der Waals surface area contributed by atoms with Gasteiger partial charge in [0.05, 0.1) is 16.6 Å². The maximum atomic E-state index is 12.6. The number of nitrogens with zero attached hydrogens (tertiary/aromatic N) is 3. The van der Waals surface area contributed by atoms with Gasteiger partial charge in [0, 0.05) is 19.0 Å². The maximum absolute atomic E-state index is 12.6. The van der Waals surface area contributed by atoms with Crippen LogP contribution in [0.2, 0.25) is 0 Å². The number of carbonyl (C=O) groups excluding carboxylic acids is 2. The quantitative estimate of drug-likeness (QED) is 0.582. The highest BCUT2D eigenvalue weighted by atomic mass is 32.1. The second kappa shape index (κ2) is 7.54. The Bertz CT molecular complexity index is 1090. The van der Waals surface area contributed by atoms with Gasteiger partial charge < -0.3 is 5.32 Å². The number of benzene rings is 1. The molecular weight excluding hydrogens is 368 g/mol. The smallest absolute Gasteiger partial charge is 0.290 e. The molecule has 9 nitrogen and oxygen atoms in total. The summed E-state index contributed by atoms with van der Waals surface area (Å²) in [6.45, 7) is 3.79. The van der Waals surface area contributed by atoms with E-state index in [9.17, 15) is 14.4 Å². The van der Waals surface area contributed by atoms with Crippen molar-refractivity contribution in [3.05, 3.63) is 51.6 Å². The van der Waals surface area contributed by atoms with Crippen molar-refractivity contribution in [1.29, 1.82) is 0 Å². The van der Waals surface area contributed by atoms with E-state index in [0.717, 1.165) is 11.5 Å². The summed E-state index contributed by atoms with van der Waals surface area (Å²) in [7, 11) is 1.69. The molecule has 3 N–H and O–H groups in total. The summed E-state index contributed by atoms with van der Waals surface area (Å²) in [5.74, 6) is -1.11. The topological polar surface area (TPSA) is 118 Å². The first-order valence-corrected chi connectivity index (χ1v) is 8.99. The van der Waals surface area contributed by atoms with Crippen molar-refractivity contribution in [2.24, 2.45) is 0 Å². The molecule has 0 aliphatic carbocycles. The lowest BCUT2D eigenvalue weighted by molar-refractivity contribution is 0.0843. The van der Waals surface area contributed by atoms with Crippen molar-refractivity contribution in [2.45, 2.75) is 20.4 Å². The highest BCUT2D eigenvalue weighted by Gasteiger charge is 2.20. The number of anilines is 1. The molecule has 0 saturated carbocycles. The van der Waals surface area contributed by atoms with Crippen molar-refractivity contribution in [3.63, 3.8) is 0 Å². The van der Waals surface area contributed by atoms with Gasteiger partial charge in [0.15, 0.2) is 5.69 Å². The summed E-state index contributed by atoms with van der Waals surface area (Å²) in [5.41, 5.74) is 5.44. The minimum Gasteiger partial charge on any atom is -0.378 e. The predicted octanol–water partition coefficient (Wildman–Crippen LogP) is 1.30. The maximum Gasteiger partial charge on any atom is 0.290 e. The molecule has 2 amide bonds. The Balaban J connectivity index is 1.89. The molecule has 0 radical (unpaired) electrons. The number of hydrogen-bond donors (Lipinski definition) is 3. The lowest BCUT2D eigenvalue weighted by Gasteiger charge is -2.11. The number of rotatable bonds is 4. The molecule has 0 aliphatic rings. The number of carbonyl (C=O) groups is 2. The van der Waals surface area contributed by atoms with Gasteiger partial charge in [-0.2, -0.15) is 9.47 Å². The molecule has 140 valence electrons. The molecule has 27 heavy (non-hydrogen) atoms. The van der Waals surface area contributed by atoms with Gasteiger partial charge in [-0.1, -0.05) is 18.2 Å². The average Bonchev–Trinajstić information content (AvgIpc) is 3.07. The Kier molecular flexibility index (Phi) is 5.17. The molecular formula is C17H18N6O3S. The number of nitrogens with one attached hydrogen (secondary N) is 3. The first kappa shape index (κ1) is 18.5. The van der Waals surface area contributed by atoms with E-state index in [4.69, 9.17) is 0 Å². The SMILES string of the molecule is CCn1nc(C(=O)NNC(=O)c2c(C)nsc2NC)c2ccccc2c1=O. The summed E-state index contributed by atoms with van der Waals surface area (Å²) < 4.78 is 5.34. The first-order chi connectivity index (χ1) is 13.0. The van der Waals surface area contributed by atoms with E-state index in [-0.39, 0.29) is 11.3 Å². The summed E-state index contributed by atoms with van der Waals surface area (Å²) in [6, 6.07) is 6.72. The Morgan fingerprint density at radius 1 is 1.15 bits per heavy atom. The van der Waals surface area contributed by atoms with E-state index in [1.165, 1.54) is 4.68 Å². The van der Waals surface area contributed by atoms with Crippen molar-refractivity contribution in [1.82, 2.24) is 25.0 Å². The van der Waals surface area contributed by atoms with Crippen LogP contribution in [0.3, 0.4) is 0 Å². The van der Waals surface area contributed by atoms with Crippen LogP contribution < -0.4 is 21.7 Å². The third kappa shape index (κ3) is 3.38. The molecule has 0 spiro atoms. The summed E-state index contributed by atoms with van der Waals surface area (Å²) in [5, 5.41) is 8.43. The Morgan fingerprint density at radius 2 is 1.81 bits per heavy atom. The zero-order chi connectivity index (χ0) is 19.6. The highest BCUT2D eigenvalue weighted by Crippen LogP contribution is 2.23. The van der Waals surface area contributed by atoms with Crippen LogP contribution in [0.15, 0.2) is 29.1 Å². The predicted molar refractivity (Wildman–Crippen MR) is 103 cm³/mol. The highest BCUT2D eigenvalue weighted by molar-refractivity contribution is 7.10. The van der Waals surface area contributed by atoms with Crippen LogP contribution in [-0.4, -0.2) is 33.0 Å². The molecule has 0 unspecified atom stereocenters. The number of fused-ring (bicyclic) bond motifs is 1. The minimum absolute atomic E-state index is 0.0568. The van der Waals surface area contributed by atoms with E-state index in [1.54, 1.807) is 45.2 Å². The van der Waals surface area contributed by atoms with Gasteiger partial charge >= 0.3 is 0 Å². The zero-order valence-electron chi connectivity index (χ0n) is 15.0. The summed E-state index contributed by atoms with van der Waals surface area (Å²) >= 11 is 1.16. The second-order valence-corrected chi connectivity index (χ2v) is 6.42. The fourth-order valence-corrected chi connectivity index (χ4v) is 3.40. The van der Waals surface area contributed by atoms with E-state index in [1.807, 2.05) is 0 Å². The van der Waals surface area contributed by atoms with Crippen molar-refractivity contribution >= 4 is 39.1 Å². The van der Waals surface area contributed by atoms with E-state index >= 15 is 0 Å². The lowest BCUT2D eigenvalue weighted by atomic mass is 10.1. The summed E-state index contributed by atoms with van der Waals surface area (Å²) in [6.07, 6.45) is 0. The zero-order valence-corrected chi connectivity index (χ0v) is 15.8. The van der Waals surface area contributed by atoms with Crippen LogP contribution in [-0.2, 0) is 6.54 Å². The average molecular weight is 386 g/mol. The lowest BCUT2D eigenvalue weighted by Crippen LogP contribution is -2.43. The molecule has 0 saturated heterocycles. The van der Waals surface area contributed by atoms with Crippen molar-refractivity contribution in [3.8, 4) is 0 Å². The van der Waals surface area contributed by atoms with Crippen LogP contribution in [0.4, 0.5) is 5.00 Å². The normalized spacial score (nSPS) is 10.6. The van der Waals surface area contributed by atoms with Gasteiger partial charge in [-0.05, 0) is 31.4 Å². The van der Waals surface area contributed by atoms with Gasteiger partial charge in [-0.3, -0.25) is 25.2 Å².